The van der Waals surface area contributed by atoms with E-state index in [2.05, 4.69) is 34.6 Å². The van der Waals surface area contributed by atoms with Crippen molar-refractivity contribution in [1.29, 1.82) is 0 Å². The molecule has 2 rings (SSSR count). The van der Waals surface area contributed by atoms with E-state index in [-0.39, 0.29) is 0 Å². The summed E-state index contributed by atoms with van der Waals surface area (Å²) in [5.41, 5.74) is 2.38. The molecule has 1 fully saturated rings. The van der Waals surface area contributed by atoms with Gasteiger partial charge in [0.05, 0.1) is 18.8 Å². The molecule has 0 aromatic carbocycles. The van der Waals surface area contributed by atoms with E-state index < -0.39 is 0 Å². The van der Waals surface area contributed by atoms with Gasteiger partial charge in [-0.2, -0.15) is 5.10 Å². The lowest BCUT2D eigenvalue weighted by Gasteiger charge is -2.24. The van der Waals surface area contributed by atoms with Gasteiger partial charge in [-0.3, -0.25) is 9.58 Å². The molecule has 96 valence electrons. The van der Waals surface area contributed by atoms with Crippen molar-refractivity contribution in [2.75, 3.05) is 26.8 Å². The number of nitrogens with zero attached hydrogens (tertiary/aromatic N) is 3. The highest BCUT2D eigenvalue weighted by molar-refractivity contribution is 5.06. The van der Waals surface area contributed by atoms with Gasteiger partial charge in [0.2, 0.25) is 0 Å². The summed E-state index contributed by atoms with van der Waals surface area (Å²) in [6.45, 7) is 8.28. The number of hydrogen-bond donors (Lipinski definition) is 0. The van der Waals surface area contributed by atoms with E-state index in [1.807, 2.05) is 0 Å². The number of methoxy groups -OCH3 is 1. The van der Waals surface area contributed by atoms with Gasteiger partial charge < -0.3 is 4.74 Å². The van der Waals surface area contributed by atoms with Crippen LogP contribution in [-0.4, -0.2) is 47.5 Å². The number of ether oxygens (including phenoxy) is 1. The lowest BCUT2D eigenvalue weighted by molar-refractivity contribution is 0.134. The third-order valence-corrected chi connectivity index (χ3v) is 3.57. The third kappa shape index (κ3) is 3.07. The SMILES string of the molecule is COCCN1CCC[C@@H]1Cn1nc(C)cc1C. The Hall–Kier alpha value is -0.870. The van der Waals surface area contributed by atoms with Crippen molar-refractivity contribution in [2.45, 2.75) is 39.3 Å². The van der Waals surface area contributed by atoms with Crippen molar-refractivity contribution in [2.24, 2.45) is 0 Å². The Morgan fingerprint density at radius 1 is 1.47 bits per heavy atom. The maximum Gasteiger partial charge on any atom is 0.0596 e. The number of aryl methyl sites for hydroxylation is 2. The maximum absolute atomic E-state index is 5.17. The summed E-state index contributed by atoms with van der Waals surface area (Å²) in [6.07, 6.45) is 2.58. The fourth-order valence-electron chi connectivity index (χ4n) is 2.66. The minimum atomic E-state index is 0.628. The van der Waals surface area contributed by atoms with Crippen molar-refractivity contribution >= 4 is 0 Å². The summed E-state index contributed by atoms with van der Waals surface area (Å²) < 4.78 is 7.31. The van der Waals surface area contributed by atoms with Crippen LogP contribution in [0.4, 0.5) is 0 Å². The highest BCUT2D eigenvalue weighted by atomic mass is 16.5. The van der Waals surface area contributed by atoms with Gasteiger partial charge in [-0.15, -0.1) is 0 Å². The minimum absolute atomic E-state index is 0.628. The van der Waals surface area contributed by atoms with Gasteiger partial charge in [0.1, 0.15) is 0 Å². The lowest BCUT2D eigenvalue weighted by atomic mass is 10.2. The van der Waals surface area contributed by atoms with Gasteiger partial charge in [0.15, 0.2) is 0 Å². The van der Waals surface area contributed by atoms with Gasteiger partial charge in [-0.25, -0.2) is 0 Å². The summed E-state index contributed by atoms with van der Waals surface area (Å²) in [5.74, 6) is 0. The average Bonchev–Trinajstić information content (AvgIpc) is 2.84. The molecular weight excluding hydrogens is 214 g/mol. The summed E-state index contributed by atoms with van der Waals surface area (Å²) in [5, 5.41) is 4.55. The number of hydrogen-bond acceptors (Lipinski definition) is 3. The predicted octanol–water partition coefficient (Wildman–Crippen LogP) is 1.61. The Labute approximate surface area is 104 Å². The molecule has 0 N–H and O–H groups in total. The van der Waals surface area contributed by atoms with Gasteiger partial charge >= 0.3 is 0 Å². The molecule has 0 amide bonds. The molecule has 1 aliphatic rings. The van der Waals surface area contributed by atoms with E-state index in [0.717, 1.165) is 25.4 Å². The topological polar surface area (TPSA) is 30.3 Å². The zero-order valence-electron chi connectivity index (χ0n) is 11.1. The van der Waals surface area contributed by atoms with Crippen LogP contribution in [0.1, 0.15) is 24.2 Å². The van der Waals surface area contributed by atoms with Crippen molar-refractivity contribution in [3.8, 4) is 0 Å². The number of aromatic nitrogens is 2. The third-order valence-electron chi connectivity index (χ3n) is 3.57. The summed E-state index contributed by atoms with van der Waals surface area (Å²) in [7, 11) is 1.77. The fourth-order valence-corrected chi connectivity index (χ4v) is 2.66. The van der Waals surface area contributed by atoms with E-state index in [9.17, 15) is 0 Å². The standard InChI is InChI=1S/C13H23N3O/c1-11-9-12(2)16(14-11)10-13-5-4-6-15(13)7-8-17-3/h9,13H,4-8,10H2,1-3H3/t13-/m1/s1. The van der Waals surface area contributed by atoms with Crippen LogP contribution in [0.3, 0.4) is 0 Å². The van der Waals surface area contributed by atoms with E-state index in [1.54, 1.807) is 7.11 Å². The molecule has 1 aromatic heterocycles. The van der Waals surface area contributed by atoms with E-state index >= 15 is 0 Å². The molecule has 0 saturated carbocycles. The smallest absolute Gasteiger partial charge is 0.0596 e. The molecule has 1 aromatic rings. The van der Waals surface area contributed by atoms with Gasteiger partial charge in [-0.05, 0) is 39.3 Å². The first kappa shape index (κ1) is 12.6. The molecule has 1 atom stereocenters. The van der Waals surface area contributed by atoms with Gasteiger partial charge in [0.25, 0.3) is 0 Å². The zero-order valence-corrected chi connectivity index (χ0v) is 11.1. The van der Waals surface area contributed by atoms with Crippen LogP contribution in [0, 0.1) is 13.8 Å². The lowest BCUT2D eigenvalue weighted by Crippen LogP contribution is -2.35. The number of rotatable bonds is 5. The normalized spacial score (nSPS) is 21.2. The monoisotopic (exact) mass is 237 g/mol. The van der Waals surface area contributed by atoms with E-state index in [4.69, 9.17) is 4.74 Å². The molecule has 0 spiro atoms. The first-order chi connectivity index (χ1) is 8.20. The largest absolute Gasteiger partial charge is 0.383 e. The van der Waals surface area contributed by atoms with Crippen LogP contribution in [0.2, 0.25) is 0 Å². The highest BCUT2D eigenvalue weighted by Gasteiger charge is 2.24. The predicted molar refractivity (Wildman–Crippen MR) is 68.2 cm³/mol. The molecule has 0 aliphatic carbocycles. The Morgan fingerprint density at radius 2 is 2.29 bits per heavy atom. The van der Waals surface area contributed by atoms with Gasteiger partial charge in [0, 0.05) is 25.4 Å². The Morgan fingerprint density at radius 3 is 2.94 bits per heavy atom. The molecule has 1 aliphatic heterocycles. The quantitative estimate of drug-likeness (QED) is 0.779. The van der Waals surface area contributed by atoms with E-state index in [0.29, 0.717) is 6.04 Å². The van der Waals surface area contributed by atoms with Crippen LogP contribution < -0.4 is 0 Å². The molecule has 4 nitrogen and oxygen atoms in total. The Bertz CT molecular complexity index is 362. The van der Waals surface area contributed by atoms with Crippen molar-refractivity contribution < 1.29 is 4.74 Å². The molecular formula is C13H23N3O. The first-order valence-corrected chi connectivity index (χ1v) is 6.44. The summed E-state index contributed by atoms with van der Waals surface area (Å²) in [4.78, 5) is 2.53. The van der Waals surface area contributed by atoms with Gasteiger partial charge in [-0.1, -0.05) is 0 Å². The highest BCUT2D eigenvalue weighted by Crippen LogP contribution is 2.19. The summed E-state index contributed by atoms with van der Waals surface area (Å²) in [6, 6.07) is 2.78. The maximum atomic E-state index is 5.17. The summed E-state index contributed by atoms with van der Waals surface area (Å²) >= 11 is 0. The molecule has 17 heavy (non-hydrogen) atoms. The van der Waals surface area contributed by atoms with Crippen LogP contribution >= 0.6 is 0 Å². The van der Waals surface area contributed by atoms with Crippen LogP contribution in [0.15, 0.2) is 6.07 Å². The molecule has 0 unspecified atom stereocenters. The van der Waals surface area contributed by atoms with Crippen molar-refractivity contribution in [3.05, 3.63) is 17.5 Å². The minimum Gasteiger partial charge on any atom is -0.383 e. The molecule has 4 heteroatoms. The van der Waals surface area contributed by atoms with Crippen LogP contribution in [-0.2, 0) is 11.3 Å². The molecule has 0 bridgehead atoms. The zero-order chi connectivity index (χ0) is 12.3. The Kier molecular flexibility index (Phi) is 4.18. The number of likely N-dealkylation sites (tertiary alicyclic amines) is 1. The second-order valence-corrected chi connectivity index (χ2v) is 4.93. The van der Waals surface area contributed by atoms with Crippen molar-refractivity contribution in [1.82, 2.24) is 14.7 Å². The van der Waals surface area contributed by atoms with Crippen LogP contribution in [0.25, 0.3) is 0 Å². The molecule has 1 saturated heterocycles. The first-order valence-electron chi connectivity index (χ1n) is 6.44. The van der Waals surface area contributed by atoms with Crippen LogP contribution in [0.5, 0.6) is 0 Å². The molecule has 2 heterocycles. The second kappa shape index (κ2) is 5.65. The van der Waals surface area contributed by atoms with Crippen molar-refractivity contribution in [3.63, 3.8) is 0 Å². The fraction of sp³-hybridized carbons (Fsp3) is 0.769. The second-order valence-electron chi connectivity index (χ2n) is 4.93. The Balaban J connectivity index is 1.95. The average molecular weight is 237 g/mol. The molecule has 0 radical (unpaired) electrons. The van der Waals surface area contributed by atoms with E-state index in [1.165, 1.54) is 25.1 Å².